The van der Waals surface area contributed by atoms with E-state index in [1.807, 2.05) is 0 Å². The van der Waals surface area contributed by atoms with E-state index < -0.39 is 8.07 Å². The highest BCUT2D eigenvalue weighted by atomic mass is 127. The maximum absolute atomic E-state index is 8.66. The fourth-order valence-corrected chi connectivity index (χ4v) is 3.10. The SMILES string of the molecule is C/C(CCCCCO)=C(/I)[Si](C)(C)C. The van der Waals surface area contributed by atoms with Crippen LogP contribution in [0.3, 0.4) is 0 Å². The van der Waals surface area contributed by atoms with Crippen molar-refractivity contribution in [3.63, 3.8) is 0 Å². The van der Waals surface area contributed by atoms with Crippen LogP contribution in [0.15, 0.2) is 8.78 Å². The fraction of sp³-hybridized carbons (Fsp3) is 0.818. The van der Waals surface area contributed by atoms with Gasteiger partial charge in [-0.3, -0.25) is 0 Å². The van der Waals surface area contributed by atoms with Gasteiger partial charge in [-0.1, -0.05) is 54.2 Å². The second-order valence-corrected chi connectivity index (χ2v) is 12.0. The average Bonchev–Trinajstić information content (AvgIpc) is 2.09. The van der Waals surface area contributed by atoms with E-state index in [1.54, 1.807) is 8.78 Å². The topological polar surface area (TPSA) is 20.2 Å². The standard InChI is InChI=1S/C11H23IOSi/c1-10(8-6-5-7-9-13)11(12)14(2,3)4/h13H,5-9H2,1-4H3/b11-10+. The highest BCUT2D eigenvalue weighted by Gasteiger charge is 2.18. The van der Waals surface area contributed by atoms with Crippen LogP contribution >= 0.6 is 22.6 Å². The molecule has 0 fully saturated rings. The Morgan fingerprint density at radius 2 is 1.71 bits per heavy atom. The van der Waals surface area contributed by atoms with Gasteiger partial charge in [0.25, 0.3) is 0 Å². The van der Waals surface area contributed by atoms with Gasteiger partial charge in [0, 0.05) is 6.61 Å². The fourth-order valence-electron chi connectivity index (χ4n) is 1.43. The molecule has 0 atom stereocenters. The molecule has 0 rings (SSSR count). The molecule has 0 heterocycles. The molecule has 0 aromatic heterocycles. The van der Waals surface area contributed by atoms with Gasteiger partial charge in [-0.15, -0.1) is 0 Å². The number of aliphatic hydroxyl groups is 1. The summed E-state index contributed by atoms with van der Waals surface area (Å²) in [5.74, 6) is 0. The number of allylic oxidation sites excluding steroid dienone is 1. The van der Waals surface area contributed by atoms with Gasteiger partial charge < -0.3 is 5.11 Å². The van der Waals surface area contributed by atoms with Gasteiger partial charge >= 0.3 is 0 Å². The predicted octanol–water partition coefficient (Wildman–Crippen LogP) is 4.13. The number of halogens is 1. The Balaban J connectivity index is 3.99. The molecule has 0 aromatic carbocycles. The van der Waals surface area contributed by atoms with Crippen LogP contribution in [0.1, 0.15) is 32.6 Å². The number of unbranched alkanes of at least 4 members (excludes halogenated alkanes) is 2. The van der Waals surface area contributed by atoms with Crippen molar-refractivity contribution in [1.82, 2.24) is 0 Å². The molecule has 84 valence electrons. The van der Waals surface area contributed by atoms with Gasteiger partial charge in [0.2, 0.25) is 0 Å². The van der Waals surface area contributed by atoms with Gasteiger partial charge in [-0.2, -0.15) is 0 Å². The first-order valence-corrected chi connectivity index (χ1v) is 9.94. The molecule has 0 unspecified atom stereocenters. The highest BCUT2D eigenvalue weighted by Crippen LogP contribution is 2.27. The van der Waals surface area contributed by atoms with E-state index in [0.717, 1.165) is 12.8 Å². The largest absolute Gasteiger partial charge is 0.396 e. The van der Waals surface area contributed by atoms with E-state index in [0.29, 0.717) is 6.61 Å². The van der Waals surface area contributed by atoms with E-state index in [2.05, 4.69) is 49.2 Å². The van der Waals surface area contributed by atoms with Crippen molar-refractivity contribution in [1.29, 1.82) is 0 Å². The molecule has 14 heavy (non-hydrogen) atoms. The predicted molar refractivity (Wildman–Crippen MR) is 75.6 cm³/mol. The summed E-state index contributed by atoms with van der Waals surface area (Å²) >= 11 is 2.53. The van der Waals surface area contributed by atoms with Crippen molar-refractivity contribution in [2.75, 3.05) is 6.61 Å². The Morgan fingerprint density at radius 1 is 1.14 bits per heavy atom. The second kappa shape index (κ2) is 7.01. The molecule has 1 nitrogen and oxygen atoms in total. The van der Waals surface area contributed by atoms with Crippen molar-refractivity contribution in [2.45, 2.75) is 52.2 Å². The van der Waals surface area contributed by atoms with Gasteiger partial charge in [0.1, 0.15) is 0 Å². The number of rotatable bonds is 6. The number of aliphatic hydroxyl groups excluding tert-OH is 1. The summed E-state index contributed by atoms with van der Waals surface area (Å²) < 4.78 is 1.62. The lowest BCUT2D eigenvalue weighted by molar-refractivity contribution is 0.283. The van der Waals surface area contributed by atoms with E-state index in [1.165, 1.54) is 12.8 Å². The van der Waals surface area contributed by atoms with Gasteiger partial charge in [0.15, 0.2) is 0 Å². The Hall–Kier alpha value is 0.647. The molecule has 0 amide bonds. The third kappa shape index (κ3) is 6.19. The first-order chi connectivity index (χ1) is 6.39. The van der Waals surface area contributed by atoms with Crippen LogP contribution < -0.4 is 0 Å². The first-order valence-electron chi connectivity index (χ1n) is 5.36. The van der Waals surface area contributed by atoms with Crippen molar-refractivity contribution in [3.05, 3.63) is 8.78 Å². The monoisotopic (exact) mass is 326 g/mol. The van der Waals surface area contributed by atoms with E-state index in [4.69, 9.17) is 5.11 Å². The van der Waals surface area contributed by atoms with Gasteiger partial charge in [0.05, 0.1) is 8.07 Å². The first kappa shape index (κ1) is 14.6. The molecule has 3 heteroatoms. The zero-order valence-electron chi connectivity index (χ0n) is 9.86. The normalized spacial score (nSPS) is 14.1. The molecular formula is C11H23IOSi. The lowest BCUT2D eigenvalue weighted by Gasteiger charge is -2.18. The van der Waals surface area contributed by atoms with Crippen LogP contribution in [-0.2, 0) is 0 Å². The molecule has 0 spiro atoms. The van der Waals surface area contributed by atoms with E-state index in [-0.39, 0.29) is 0 Å². The molecule has 0 aliphatic heterocycles. The molecule has 0 saturated carbocycles. The maximum Gasteiger partial charge on any atom is 0.0853 e. The highest BCUT2D eigenvalue weighted by molar-refractivity contribution is 14.1. The van der Waals surface area contributed by atoms with Crippen molar-refractivity contribution < 1.29 is 5.11 Å². The van der Waals surface area contributed by atoms with Crippen LogP contribution in [0.25, 0.3) is 0 Å². The Morgan fingerprint density at radius 3 is 2.14 bits per heavy atom. The minimum absolute atomic E-state index is 0.341. The van der Waals surface area contributed by atoms with Gasteiger partial charge in [-0.25, -0.2) is 0 Å². The van der Waals surface area contributed by atoms with Crippen LogP contribution in [0.4, 0.5) is 0 Å². The maximum atomic E-state index is 8.66. The average molecular weight is 326 g/mol. The minimum Gasteiger partial charge on any atom is -0.396 e. The lowest BCUT2D eigenvalue weighted by Crippen LogP contribution is -2.21. The lowest BCUT2D eigenvalue weighted by atomic mass is 10.1. The van der Waals surface area contributed by atoms with Crippen molar-refractivity contribution >= 4 is 30.7 Å². The Bertz CT molecular complexity index is 194. The van der Waals surface area contributed by atoms with Crippen LogP contribution in [0, 0.1) is 0 Å². The Labute approximate surface area is 103 Å². The molecule has 1 N–H and O–H groups in total. The smallest absolute Gasteiger partial charge is 0.0853 e. The third-order valence-electron chi connectivity index (χ3n) is 2.24. The van der Waals surface area contributed by atoms with Crippen LogP contribution in [-0.4, -0.2) is 19.8 Å². The zero-order valence-corrected chi connectivity index (χ0v) is 13.0. The third-order valence-corrected chi connectivity index (χ3v) is 9.76. The summed E-state index contributed by atoms with van der Waals surface area (Å²) in [6.07, 6.45) is 4.55. The Kier molecular flexibility index (Phi) is 7.33. The summed E-state index contributed by atoms with van der Waals surface area (Å²) in [5.41, 5.74) is 1.57. The summed E-state index contributed by atoms with van der Waals surface area (Å²) in [6, 6.07) is 0. The van der Waals surface area contributed by atoms with Crippen molar-refractivity contribution in [2.24, 2.45) is 0 Å². The molecule has 0 aliphatic rings. The zero-order chi connectivity index (χ0) is 11.2. The number of hydrogen-bond donors (Lipinski definition) is 1. The number of hydrogen-bond acceptors (Lipinski definition) is 1. The second-order valence-electron chi connectivity index (χ2n) is 4.88. The molecule has 0 saturated heterocycles. The van der Waals surface area contributed by atoms with Gasteiger partial charge in [-0.05, 0) is 29.4 Å². The van der Waals surface area contributed by atoms with E-state index in [9.17, 15) is 0 Å². The van der Waals surface area contributed by atoms with E-state index >= 15 is 0 Å². The molecular weight excluding hydrogens is 303 g/mol. The molecule has 0 radical (unpaired) electrons. The molecule has 0 aliphatic carbocycles. The summed E-state index contributed by atoms with van der Waals surface area (Å²) in [4.78, 5) is 0. The van der Waals surface area contributed by atoms with Crippen LogP contribution in [0.5, 0.6) is 0 Å². The van der Waals surface area contributed by atoms with Crippen molar-refractivity contribution in [3.8, 4) is 0 Å². The minimum atomic E-state index is -1.08. The molecule has 0 bridgehead atoms. The summed E-state index contributed by atoms with van der Waals surface area (Å²) in [7, 11) is -1.08. The van der Waals surface area contributed by atoms with Crippen LogP contribution in [0.2, 0.25) is 19.6 Å². The summed E-state index contributed by atoms with van der Waals surface area (Å²) in [5, 5.41) is 8.66. The summed E-state index contributed by atoms with van der Waals surface area (Å²) in [6.45, 7) is 9.79. The quantitative estimate of drug-likeness (QED) is 0.442. The molecule has 0 aromatic rings.